The summed E-state index contributed by atoms with van der Waals surface area (Å²) in [6.45, 7) is 2.70. The second-order valence-electron chi connectivity index (χ2n) is 5.91. The monoisotopic (exact) mass is 300 g/mol. The number of methoxy groups -OCH3 is 1. The molecule has 0 radical (unpaired) electrons. The van der Waals surface area contributed by atoms with Crippen molar-refractivity contribution in [2.75, 3.05) is 20.3 Å². The predicted molar refractivity (Wildman–Crippen MR) is 80.3 cm³/mol. The maximum atomic E-state index is 11.9. The maximum absolute atomic E-state index is 11.9. The summed E-state index contributed by atoms with van der Waals surface area (Å²) in [6, 6.07) is -0.344. The van der Waals surface area contributed by atoms with E-state index in [0.717, 1.165) is 32.1 Å². The molecule has 21 heavy (non-hydrogen) atoms. The molecule has 0 aromatic heterocycles. The topological polar surface area (TPSA) is 87.7 Å². The standard InChI is InChI=1S/C15H28N2O4/c1-3-7-12(10-21-2)17-14(20)16-11-15(13(18)19)8-5-4-6-9-15/h12H,3-11H2,1-2H3,(H,18,19)(H2,16,17,20). The Morgan fingerprint density at radius 1 is 1.29 bits per heavy atom. The third-order valence-corrected chi connectivity index (χ3v) is 4.19. The number of amides is 2. The molecule has 2 amide bonds. The van der Waals surface area contributed by atoms with Gasteiger partial charge < -0.3 is 20.5 Å². The lowest BCUT2D eigenvalue weighted by atomic mass is 9.74. The number of hydrogen-bond acceptors (Lipinski definition) is 3. The fourth-order valence-electron chi connectivity index (χ4n) is 2.93. The zero-order valence-corrected chi connectivity index (χ0v) is 13.1. The lowest BCUT2D eigenvalue weighted by Crippen LogP contribution is -2.50. The van der Waals surface area contributed by atoms with Gasteiger partial charge in [0.2, 0.25) is 0 Å². The highest BCUT2D eigenvalue weighted by molar-refractivity contribution is 5.78. The minimum atomic E-state index is -0.801. The summed E-state index contributed by atoms with van der Waals surface area (Å²) in [5, 5.41) is 15.0. The molecule has 1 unspecified atom stereocenters. The van der Waals surface area contributed by atoms with E-state index in [4.69, 9.17) is 4.74 Å². The van der Waals surface area contributed by atoms with Crippen LogP contribution in [0.2, 0.25) is 0 Å². The van der Waals surface area contributed by atoms with Gasteiger partial charge in [0.25, 0.3) is 0 Å². The summed E-state index contributed by atoms with van der Waals surface area (Å²) >= 11 is 0. The van der Waals surface area contributed by atoms with E-state index < -0.39 is 11.4 Å². The van der Waals surface area contributed by atoms with E-state index in [0.29, 0.717) is 19.4 Å². The average molecular weight is 300 g/mol. The summed E-state index contributed by atoms with van der Waals surface area (Å²) in [7, 11) is 1.60. The summed E-state index contributed by atoms with van der Waals surface area (Å²) in [4.78, 5) is 23.5. The van der Waals surface area contributed by atoms with Crippen LogP contribution in [0.3, 0.4) is 0 Å². The summed E-state index contributed by atoms with van der Waals surface area (Å²) in [5.74, 6) is -0.801. The second kappa shape index (κ2) is 8.87. The van der Waals surface area contributed by atoms with Crippen LogP contribution in [0.15, 0.2) is 0 Å². The number of urea groups is 1. The SMILES string of the molecule is CCCC(COC)NC(=O)NCC1(C(=O)O)CCCCC1. The van der Waals surface area contributed by atoms with Crippen molar-refractivity contribution in [2.45, 2.75) is 57.9 Å². The molecule has 3 N–H and O–H groups in total. The molecule has 6 heteroatoms. The highest BCUT2D eigenvalue weighted by atomic mass is 16.5. The first kappa shape index (κ1) is 17.8. The minimum absolute atomic E-state index is 0.0351. The van der Waals surface area contributed by atoms with E-state index in [1.54, 1.807) is 7.11 Å². The average Bonchev–Trinajstić information content (AvgIpc) is 2.46. The largest absolute Gasteiger partial charge is 0.481 e. The highest BCUT2D eigenvalue weighted by Crippen LogP contribution is 2.35. The number of carbonyl (C=O) groups excluding carboxylic acids is 1. The van der Waals surface area contributed by atoms with Crippen molar-refractivity contribution in [3.8, 4) is 0 Å². The van der Waals surface area contributed by atoms with Crippen molar-refractivity contribution in [3.63, 3.8) is 0 Å². The first-order valence-corrected chi connectivity index (χ1v) is 7.81. The number of ether oxygens (including phenoxy) is 1. The molecule has 1 aliphatic carbocycles. The lowest BCUT2D eigenvalue weighted by Gasteiger charge is -2.33. The number of carboxylic acid groups (broad SMARTS) is 1. The maximum Gasteiger partial charge on any atom is 0.315 e. The molecule has 1 atom stereocenters. The van der Waals surface area contributed by atoms with Crippen molar-refractivity contribution in [3.05, 3.63) is 0 Å². The zero-order valence-electron chi connectivity index (χ0n) is 13.1. The van der Waals surface area contributed by atoms with E-state index in [-0.39, 0.29) is 18.6 Å². The van der Waals surface area contributed by atoms with Crippen LogP contribution >= 0.6 is 0 Å². The van der Waals surface area contributed by atoms with Crippen LogP contribution in [0.1, 0.15) is 51.9 Å². The molecule has 0 aliphatic heterocycles. The second-order valence-corrected chi connectivity index (χ2v) is 5.91. The van der Waals surface area contributed by atoms with Gasteiger partial charge in [0, 0.05) is 13.7 Å². The molecule has 1 fully saturated rings. The first-order chi connectivity index (χ1) is 10.0. The van der Waals surface area contributed by atoms with Crippen LogP contribution in [0.25, 0.3) is 0 Å². The quantitative estimate of drug-likeness (QED) is 0.641. The van der Waals surface area contributed by atoms with Crippen LogP contribution < -0.4 is 10.6 Å². The van der Waals surface area contributed by atoms with Crippen molar-refractivity contribution < 1.29 is 19.4 Å². The Kier molecular flexibility index (Phi) is 7.50. The van der Waals surface area contributed by atoms with Crippen LogP contribution in [0.5, 0.6) is 0 Å². The molecular weight excluding hydrogens is 272 g/mol. The lowest BCUT2D eigenvalue weighted by molar-refractivity contribution is -0.150. The third-order valence-electron chi connectivity index (χ3n) is 4.19. The van der Waals surface area contributed by atoms with E-state index in [9.17, 15) is 14.7 Å². The van der Waals surface area contributed by atoms with Crippen LogP contribution in [-0.4, -0.2) is 43.4 Å². The van der Waals surface area contributed by atoms with Gasteiger partial charge in [0.15, 0.2) is 0 Å². The Balaban J connectivity index is 2.47. The van der Waals surface area contributed by atoms with Gasteiger partial charge >= 0.3 is 12.0 Å². The molecule has 1 saturated carbocycles. The van der Waals surface area contributed by atoms with Crippen LogP contribution in [0, 0.1) is 5.41 Å². The summed E-state index contributed by atoms with van der Waals surface area (Å²) in [5.41, 5.74) is -0.795. The van der Waals surface area contributed by atoms with Crippen molar-refractivity contribution >= 4 is 12.0 Å². The number of carbonyl (C=O) groups is 2. The van der Waals surface area contributed by atoms with Crippen molar-refractivity contribution in [2.24, 2.45) is 5.41 Å². The molecule has 0 aromatic rings. The molecule has 0 spiro atoms. The smallest absolute Gasteiger partial charge is 0.315 e. The molecule has 0 heterocycles. The van der Waals surface area contributed by atoms with Gasteiger partial charge in [-0.05, 0) is 19.3 Å². The predicted octanol–water partition coefficient (Wildman–Crippen LogP) is 2.14. The highest BCUT2D eigenvalue weighted by Gasteiger charge is 2.39. The molecular formula is C15H28N2O4. The van der Waals surface area contributed by atoms with E-state index >= 15 is 0 Å². The normalized spacial score (nSPS) is 18.8. The number of nitrogens with one attached hydrogen (secondary N) is 2. The Morgan fingerprint density at radius 3 is 2.48 bits per heavy atom. The van der Waals surface area contributed by atoms with Gasteiger partial charge in [-0.1, -0.05) is 32.6 Å². The van der Waals surface area contributed by atoms with Crippen molar-refractivity contribution in [1.29, 1.82) is 0 Å². The van der Waals surface area contributed by atoms with Crippen LogP contribution in [0.4, 0.5) is 4.79 Å². The fourth-order valence-corrected chi connectivity index (χ4v) is 2.93. The molecule has 0 aromatic carbocycles. The third kappa shape index (κ3) is 5.53. The molecule has 0 saturated heterocycles. The molecule has 1 rings (SSSR count). The molecule has 6 nitrogen and oxygen atoms in total. The Hall–Kier alpha value is -1.30. The van der Waals surface area contributed by atoms with Gasteiger partial charge in [-0.25, -0.2) is 4.79 Å². The van der Waals surface area contributed by atoms with E-state index in [1.807, 2.05) is 6.92 Å². The van der Waals surface area contributed by atoms with E-state index in [1.165, 1.54) is 0 Å². The van der Waals surface area contributed by atoms with E-state index in [2.05, 4.69) is 10.6 Å². The Labute approximate surface area is 126 Å². The van der Waals surface area contributed by atoms with Gasteiger partial charge in [-0.3, -0.25) is 4.79 Å². The van der Waals surface area contributed by atoms with Crippen molar-refractivity contribution in [1.82, 2.24) is 10.6 Å². The van der Waals surface area contributed by atoms with Gasteiger partial charge in [0.1, 0.15) is 0 Å². The zero-order chi connectivity index (χ0) is 15.7. The number of carboxylic acids is 1. The summed E-state index contributed by atoms with van der Waals surface area (Å²) in [6.07, 6.45) is 5.97. The molecule has 122 valence electrons. The van der Waals surface area contributed by atoms with Crippen LogP contribution in [-0.2, 0) is 9.53 Å². The fraction of sp³-hybridized carbons (Fsp3) is 0.867. The molecule has 0 bridgehead atoms. The van der Waals surface area contributed by atoms with Gasteiger partial charge in [0.05, 0.1) is 18.1 Å². The molecule has 1 aliphatic rings. The number of aliphatic carboxylic acids is 1. The number of rotatable bonds is 8. The summed E-state index contributed by atoms with van der Waals surface area (Å²) < 4.78 is 5.07. The van der Waals surface area contributed by atoms with Gasteiger partial charge in [-0.2, -0.15) is 0 Å². The Bertz CT molecular complexity index is 335. The number of hydrogen-bond donors (Lipinski definition) is 3. The first-order valence-electron chi connectivity index (χ1n) is 7.81. The van der Waals surface area contributed by atoms with Gasteiger partial charge in [-0.15, -0.1) is 0 Å². The minimum Gasteiger partial charge on any atom is -0.481 e. The Morgan fingerprint density at radius 2 is 1.95 bits per heavy atom.